The summed E-state index contributed by atoms with van der Waals surface area (Å²) in [5.41, 5.74) is 3.83. The summed E-state index contributed by atoms with van der Waals surface area (Å²) in [7, 11) is 0. The van der Waals surface area contributed by atoms with Gasteiger partial charge in [0.05, 0.1) is 5.69 Å². The van der Waals surface area contributed by atoms with Gasteiger partial charge in [0.1, 0.15) is 5.76 Å². The Balaban J connectivity index is 1.73. The Hall–Kier alpha value is -1.57. The van der Waals surface area contributed by atoms with Crippen LogP contribution in [0, 0.1) is 25.7 Å². The minimum atomic E-state index is 0.521. The van der Waals surface area contributed by atoms with Gasteiger partial charge in [0, 0.05) is 12.0 Å². The van der Waals surface area contributed by atoms with E-state index in [2.05, 4.69) is 42.4 Å². The summed E-state index contributed by atoms with van der Waals surface area (Å²) in [4.78, 5) is 0. The van der Waals surface area contributed by atoms with Gasteiger partial charge in [-0.1, -0.05) is 41.4 Å². The minimum absolute atomic E-state index is 0.521. The van der Waals surface area contributed by atoms with Gasteiger partial charge in [-0.3, -0.25) is 0 Å². The van der Waals surface area contributed by atoms with E-state index in [9.17, 15) is 0 Å². The highest BCUT2D eigenvalue weighted by atomic mass is 16.5. The number of rotatable bonds is 2. The number of aryl methyl sites for hydroxylation is 2. The first-order valence-corrected chi connectivity index (χ1v) is 8.20. The maximum absolute atomic E-state index is 5.68. The van der Waals surface area contributed by atoms with E-state index in [-0.39, 0.29) is 0 Å². The van der Waals surface area contributed by atoms with Gasteiger partial charge in [-0.15, -0.1) is 0 Å². The smallest absolute Gasteiger partial charge is 0.140 e. The molecule has 3 unspecified atom stereocenters. The zero-order valence-corrected chi connectivity index (χ0v) is 12.9. The quantitative estimate of drug-likeness (QED) is 0.776. The highest BCUT2D eigenvalue weighted by Gasteiger charge is 2.44. The van der Waals surface area contributed by atoms with Crippen molar-refractivity contribution >= 4 is 0 Å². The van der Waals surface area contributed by atoms with Gasteiger partial charge in [-0.25, -0.2) is 0 Å². The maximum Gasteiger partial charge on any atom is 0.140 e. The molecule has 2 saturated carbocycles. The molecule has 2 nitrogen and oxygen atoms in total. The Labute approximate surface area is 126 Å². The van der Waals surface area contributed by atoms with Crippen molar-refractivity contribution < 1.29 is 4.52 Å². The van der Waals surface area contributed by atoms with E-state index in [4.69, 9.17) is 4.52 Å². The molecule has 0 amide bonds. The van der Waals surface area contributed by atoms with Crippen molar-refractivity contribution in [2.45, 2.75) is 51.4 Å². The first-order valence-electron chi connectivity index (χ1n) is 8.20. The molecule has 1 heterocycles. The molecule has 2 aromatic rings. The lowest BCUT2D eigenvalue weighted by Gasteiger charge is -2.35. The largest absolute Gasteiger partial charge is 0.361 e. The van der Waals surface area contributed by atoms with Crippen LogP contribution in [0.15, 0.2) is 34.9 Å². The fraction of sp³-hybridized carbons (Fsp3) is 0.526. The molecule has 2 fully saturated rings. The summed E-state index contributed by atoms with van der Waals surface area (Å²) in [6, 6.07) is 11.3. The standard InChI is InChI=1S/C19H23NO/c1-12-3-6-15(7-4-12)17-11-14-5-8-16(10-14)19(17)18-9-13(2)20-21-18/h3-4,6-7,9,14,16-17,19H,5,8,10-11H2,1-2H3/t14?,16?,17-,19?/m1/s1. The van der Waals surface area contributed by atoms with Gasteiger partial charge in [0.2, 0.25) is 0 Å². The predicted octanol–water partition coefficient (Wildman–Crippen LogP) is 4.98. The average molecular weight is 281 g/mol. The number of hydrogen-bond donors (Lipinski definition) is 0. The van der Waals surface area contributed by atoms with Crippen molar-refractivity contribution in [1.29, 1.82) is 0 Å². The van der Waals surface area contributed by atoms with Crippen molar-refractivity contribution in [1.82, 2.24) is 5.16 Å². The Bertz CT molecular complexity index is 627. The number of aromatic nitrogens is 1. The van der Waals surface area contributed by atoms with E-state index in [0.717, 1.165) is 23.3 Å². The molecule has 0 spiro atoms. The van der Waals surface area contributed by atoms with Crippen LogP contribution in [0.1, 0.15) is 60.1 Å². The molecular formula is C19H23NO. The van der Waals surface area contributed by atoms with E-state index in [1.807, 2.05) is 6.92 Å². The monoisotopic (exact) mass is 281 g/mol. The van der Waals surface area contributed by atoms with Crippen LogP contribution in [-0.2, 0) is 0 Å². The molecular weight excluding hydrogens is 258 g/mol. The number of hydrogen-bond acceptors (Lipinski definition) is 2. The molecule has 0 saturated heterocycles. The molecule has 2 aliphatic carbocycles. The van der Waals surface area contributed by atoms with E-state index >= 15 is 0 Å². The van der Waals surface area contributed by atoms with Crippen LogP contribution in [-0.4, -0.2) is 5.16 Å². The Morgan fingerprint density at radius 1 is 1.05 bits per heavy atom. The van der Waals surface area contributed by atoms with Crippen molar-refractivity contribution in [3.8, 4) is 0 Å². The number of benzene rings is 1. The summed E-state index contributed by atoms with van der Waals surface area (Å²) in [6.07, 6.45) is 5.45. The van der Waals surface area contributed by atoms with E-state index in [0.29, 0.717) is 11.8 Å². The zero-order chi connectivity index (χ0) is 14.4. The molecule has 110 valence electrons. The van der Waals surface area contributed by atoms with Crippen molar-refractivity contribution in [2.75, 3.05) is 0 Å². The van der Waals surface area contributed by atoms with Gasteiger partial charge in [0.25, 0.3) is 0 Å². The second-order valence-corrected chi connectivity index (χ2v) is 7.09. The third-order valence-electron chi connectivity index (χ3n) is 5.59. The highest BCUT2D eigenvalue weighted by molar-refractivity contribution is 5.30. The molecule has 4 rings (SSSR count). The SMILES string of the molecule is Cc1ccc([C@H]2CC3CCC(C3)C2c2cc(C)no2)cc1. The fourth-order valence-electron chi connectivity index (χ4n) is 4.62. The van der Waals surface area contributed by atoms with E-state index in [1.165, 1.54) is 36.8 Å². The van der Waals surface area contributed by atoms with Gasteiger partial charge >= 0.3 is 0 Å². The molecule has 21 heavy (non-hydrogen) atoms. The third-order valence-corrected chi connectivity index (χ3v) is 5.59. The van der Waals surface area contributed by atoms with Crippen LogP contribution in [0.4, 0.5) is 0 Å². The fourth-order valence-corrected chi connectivity index (χ4v) is 4.62. The summed E-state index contributed by atoms with van der Waals surface area (Å²) in [5, 5.41) is 4.14. The molecule has 2 heteroatoms. The van der Waals surface area contributed by atoms with Crippen molar-refractivity contribution in [3.05, 3.63) is 52.9 Å². The highest BCUT2D eigenvalue weighted by Crippen LogP contribution is 2.56. The average Bonchev–Trinajstić information content (AvgIpc) is 3.07. The van der Waals surface area contributed by atoms with Crippen LogP contribution in [0.5, 0.6) is 0 Å². The second kappa shape index (κ2) is 5.01. The third kappa shape index (κ3) is 2.31. The normalized spacial score (nSPS) is 31.5. The Morgan fingerprint density at radius 2 is 1.86 bits per heavy atom. The molecule has 1 aromatic heterocycles. The molecule has 0 N–H and O–H groups in total. The first-order chi connectivity index (χ1) is 10.2. The van der Waals surface area contributed by atoms with E-state index in [1.54, 1.807) is 0 Å². The zero-order valence-electron chi connectivity index (χ0n) is 12.9. The molecule has 2 aliphatic rings. The predicted molar refractivity (Wildman–Crippen MR) is 83.3 cm³/mol. The van der Waals surface area contributed by atoms with Gasteiger partial charge in [-0.2, -0.15) is 0 Å². The Kier molecular flexibility index (Phi) is 3.13. The van der Waals surface area contributed by atoms with Gasteiger partial charge in [-0.05, 0) is 56.4 Å². The topological polar surface area (TPSA) is 26.0 Å². The number of fused-ring (bicyclic) bond motifs is 2. The Morgan fingerprint density at radius 3 is 2.57 bits per heavy atom. The van der Waals surface area contributed by atoms with E-state index < -0.39 is 0 Å². The lowest BCUT2D eigenvalue weighted by atomic mass is 9.68. The second-order valence-electron chi connectivity index (χ2n) is 7.09. The molecule has 2 bridgehead atoms. The van der Waals surface area contributed by atoms with Crippen LogP contribution in [0.2, 0.25) is 0 Å². The lowest BCUT2D eigenvalue weighted by molar-refractivity contribution is 0.228. The minimum Gasteiger partial charge on any atom is -0.361 e. The van der Waals surface area contributed by atoms with Gasteiger partial charge < -0.3 is 4.52 Å². The maximum atomic E-state index is 5.68. The van der Waals surface area contributed by atoms with Crippen LogP contribution >= 0.6 is 0 Å². The summed E-state index contributed by atoms with van der Waals surface area (Å²) >= 11 is 0. The van der Waals surface area contributed by atoms with Crippen molar-refractivity contribution in [2.24, 2.45) is 11.8 Å². The van der Waals surface area contributed by atoms with Gasteiger partial charge in [0.15, 0.2) is 0 Å². The molecule has 0 aliphatic heterocycles. The number of nitrogens with zero attached hydrogens (tertiary/aromatic N) is 1. The van der Waals surface area contributed by atoms with Crippen molar-refractivity contribution in [3.63, 3.8) is 0 Å². The molecule has 4 atom stereocenters. The first kappa shape index (κ1) is 13.1. The summed E-state index contributed by atoms with van der Waals surface area (Å²) in [5.74, 6) is 3.93. The van der Waals surface area contributed by atoms with Crippen LogP contribution < -0.4 is 0 Å². The summed E-state index contributed by atoms with van der Waals surface area (Å²) in [6.45, 7) is 4.18. The lowest BCUT2D eigenvalue weighted by Crippen LogP contribution is -2.24. The summed E-state index contributed by atoms with van der Waals surface area (Å²) < 4.78 is 5.68. The van der Waals surface area contributed by atoms with Crippen LogP contribution in [0.25, 0.3) is 0 Å². The van der Waals surface area contributed by atoms with Crippen LogP contribution in [0.3, 0.4) is 0 Å². The molecule has 0 radical (unpaired) electrons. The molecule has 1 aromatic carbocycles.